The number of aryl methyl sites for hydroxylation is 1. The molecule has 0 fully saturated rings. The summed E-state index contributed by atoms with van der Waals surface area (Å²) in [4.78, 5) is 0. The molecule has 1 N–H and O–H groups in total. The first-order valence-corrected chi connectivity index (χ1v) is 6.19. The summed E-state index contributed by atoms with van der Waals surface area (Å²) in [6, 6.07) is 6.88. The van der Waals surface area contributed by atoms with Crippen LogP contribution in [0, 0.1) is 6.92 Å². The summed E-state index contributed by atoms with van der Waals surface area (Å²) in [7, 11) is 0. The van der Waals surface area contributed by atoms with E-state index in [1.165, 1.54) is 6.07 Å². The molecule has 0 bridgehead atoms. The molecule has 0 aliphatic rings. The number of nitrogens with one attached hydrogen (secondary N) is 1. The monoisotopic (exact) mass is 284 g/mol. The van der Waals surface area contributed by atoms with Gasteiger partial charge >= 0.3 is 6.18 Å². The molecular weight excluding hydrogens is 269 g/mol. The number of alkyl halides is 3. The van der Waals surface area contributed by atoms with Crippen molar-refractivity contribution in [2.24, 2.45) is 0 Å². The molecule has 1 heterocycles. The number of hydrogen-bond donors (Lipinski definition) is 1. The number of nitrogens with zero attached hydrogens (tertiary/aromatic N) is 1. The molecule has 0 aliphatic heterocycles. The maximum atomic E-state index is 12.6. The second-order valence-electron chi connectivity index (χ2n) is 4.65. The Bertz CT molecular complexity index is 578. The Morgan fingerprint density at radius 3 is 2.65 bits per heavy atom. The van der Waals surface area contributed by atoms with Crippen LogP contribution in [0.2, 0.25) is 0 Å². The van der Waals surface area contributed by atoms with E-state index in [1.807, 2.05) is 6.92 Å². The minimum Gasteiger partial charge on any atom is -0.361 e. The van der Waals surface area contributed by atoms with Crippen molar-refractivity contribution in [2.75, 3.05) is 0 Å². The molecule has 1 aromatic carbocycles. The lowest BCUT2D eigenvalue weighted by Gasteiger charge is -2.15. The first-order chi connectivity index (χ1) is 9.36. The summed E-state index contributed by atoms with van der Waals surface area (Å²) < 4.78 is 42.9. The van der Waals surface area contributed by atoms with Gasteiger partial charge in [-0.25, -0.2) is 0 Å². The van der Waals surface area contributed by atoms with Gasteiger partial charge in [-0.15, -0.1) is 0 Å². The SMILES string of the molecule is Cc1cc(CNC(C)c2cccc(C(F)(F)F)c2)no1. The number of benzene rings is 1. The van der Waals surface area contributed by atoms with E-state index in [-0.39, 0.29) is 6.04 Å². The molecule has 20 heavy (non-hydrogen) atoms. The average Bonchev–Trinajstić information content (AvgIpc) is 2.81. The first kappa shape index (κ1) is 14.6. The van der Waals surface area contributed by atoms with Crippen molar-refractivity contribution in [2.45, 2.75) is 32.6 Å². The first-order valence-electron chi connectivity index (χ1n) is 6.19. The van der Waals surface area contributed by atoms with Gasteiger partial charge in [0.25, 0.3) is 0 Å². The molecule has 108 valence electrons. The van der Waals surface area contributed by atoms with Crippen LogP contribution < -0.4 is 5.32 Å². The second kappa shape index (κ2) is 5.66. The predicted octanol–water partition coefficient (Wildman–Crippen LogP) is 3.85. The van der Waals surface area contributed by atoms with Gasteiger partial charge in [-0.2, -0.15) is 13.2 Å². The van der Waals surface area contributed by atoms with Gasteiger partial charge in [0.15, 0.2) is 0 Å². The van der Waals surface area contributed by atoms with E-state index in [2.05, 4.69) is 10.5 Å². The third-order valence-electron chi connectivity index (χ3n) is 2.98. The van der Waals surface area contributed by atoms with Crippen molar-refractivity contribution in [3.05, 3.63) is 52.9 Å². The zero-order valence-electron chi connectivity index (χ0n) is 11.2. The standard InChI is InChI=1S/C14H15F3N2O/c1-9-6-13(19-20-9)8-18-10(2)11-4-3-5-12(7-11)14(15,16)17/h3-7,10,18H,8H2,1-2H3. The van der Waals surface area contributed by atoms with Crippen molar-refractivity contribution in [1.29, 1.82) is 0 Å². The molecule has 2 rings (SSSR count). The lowest BCUT2D eigenvalue weighted by molar-refractivity contribution is -0.137. The normalized spacial score (nSPS) is 13.4. The predicted molar refractivity (Wildman–Crippen MR) is 67.9 cm³/mol. The molecule has 0 amide bonds. The van der Waals surface area contributed by atoms with Crippen molar-refractivity contribution >= 4 is 0 Å². The summed E-state index contributed by atoms with van der Waals surface area (Å²) in [5.41, 5.74) is 0.669. The lowest BCUT2D eigenvalue weighted by Crippen LogP contribution is -2.19. The largest absolute Gasteiger partial charge is 0.416 e. The molecule has 3 nitrogen and oxygen atoms in total. The Morgan fingerprint density at radius 1 is 1.30 bits per heavy atom. The van der Waals surface area contributed by atoms with Gasteiger partial charge in [0, 0.05) is 18.7 Å². The highest BCUT2D eigenvalue weighted by molar-refractivity contribution is 5.27. The smallest absolute Gasteiger partial charge is 0.361 e. The van der Waals surface area contributed by atoms with Gasteiger partial charge in [0.05, 0.1) is 11.3 Å². The molecule has 0 radical (unpaired) electrons. The van der Waals surface area contributed by atoms with Gasteiger partial charge < -0.3 is 9.84 Å². The number of aromatic nitrogens is 1. The minimum atomic E-state index is -4.32. The highest BCUT2D eigenvalue weighted by Crippen LogP contribution is 2.30. The molecule has 1 aromatic heterocycles. The Morgan fingerprint density at radius 2 is 2.05 bits per heavy atom. The highest BCUT2D eigenvalue weighted by atomic mass is 19.4. The minimum absolute atomic E-state index is 0.214. The molecule has 2 aromatic rings. The highest BCUT2D eigenvalue weighted by Gasteiger charge is 2.30. The number of hydrogen-bond acceptors (Lipinski definition) is 3. The van der Waals surface area contributed by atoms with Gasteiger partial charge in [0.1, 0.15) is 5.76 Å². The van der Waals surface area contributed by atoms with E-state index in [4.69, 9.17) is 4.52 Å². The Kier molecular flexibility index (Phi) is 4.13. The third-order valence-corrected chi connectivity index (χ3v) is 2.98. The molecule has 0 saturated heterocycles. The van der Waals surface area contributed by atoms with E-state index in [1.54, 1.807) is 19.1 Å². The van der Waals surface area contributed by atoms with Crippen LogP contribution in [0.15, 0.2) is 34.9 Å². The molecule has 1 unspecified atom stereocenters. The van der Waals surface area contributed by atoms with Gasteiger partial charge in [0.2, 0.25) is 0 Å². The fraction of sp³-hybridized carbons (Fsp3) is 0.357. The van der Waals surface area contributed by atoms with E-state index >= 15 is 0 Å². The van der Waals surface area contributed by atoms with Crippen molar-refractivity contribution in [3.63, 3.8) is 0 Å². The van der Waals surface area contributed by atoms with E-state index < -0.39 is 11.7 Å². The summed E-state index contributed by atoms with van der Waals surface area (Å²) in [6.07, 6.45) is -4.32. The quantitative estimate of drug-likeness (QED) is 0.926. The van der Waals surface area contributed by atoms with Crippen LogP contribution in [-0.2, 0) is 12.7 Å². The van der Waals surface area contributed by atoms with Crippen LogP contribution in [0.25, 0.3) is 0 Å². The van der Waals surface area contributed by atoms with Crippen molar-refractivity contribution in [1.82, 2.24) is 10.5 Å². The van der Waals surface area contributed by atoms with Gasteiger partial charge in [-0.3, -0.25) is 0 Å². The van der Waals surface area contributed by atoms with Crippen molar-refractivity contribution in [3.8, 4) is 0 Å². The van der Waals surface area contributed by atoms with Crippen molar-refractivity contribution < 1.29 is 17.7 Å². The molecule has 0 spiro atoms. The van der Waals surface area contributed by atoms with E-state index in [0.717, 1.165) is 17.8 Å². The van der Waals surface area contributed by atoms with Crippen LogP contribution in [0.3, 0.4) is 0 Å². The molecular formula is C14H15F3N2O. The van der Waals surface area contributed by atoms with Crippen LogP contribution in [0.1, 0.15) is 35.5 Å². The third kappa shape index (κ3) is 3.60. The maximum absolute atomic E-state index is 12.6. The van der Waals surface area contributed by atoms with Gasteiger partial charge in [-0.05, 0) is 31.5 Å². The van der Waals surface area contributed by atoms with Crippen LogP contribution in [0.4, 0.5) is 13.2 Å². The Labute approximate surface area is 114 Å². The fourth-order valence-electron chi connectivity index (χ4n) is 1.86. The molecule has 0 aliphatic carbocycles. The average molecular weight is 284 g/mol. The molecule has 6 heteroatoms. The summed E-state index contributed by atoms with van der Waals surface area (Å²) in [5, 5.41) is 6.94. The maximum Gasteiger partial charge on any atom is 0.416 e. The summed E-state index contributed by atoms with van der Waals surface area (Å²) in [5.74, 6) is 0.702. The van der Waals surface area contributed by atoms with Crippen LogP contribution >= 0.6 is 0 Å². The lowest BCUT2D eigenvalue weighted by atomic mass is 10.0. The summed E-state index contributed by atoms with van der Waals surface area (Å²) >= 11 is 0. The number of rotatable bonds is 4. The topological polar surface area (TPSA) is 38.1 Å². The summed E-state index contributed by atoms with van der Waals surface area (Å²) in [6.45, 7) is 4.03. The number of halogens is 3. The molecule has 1 atom stereocenters. The Hall–Kier alpha value is -1.82. The zero-order valence-corrected chi connectivity index (χ0v) is 11.2. The van der Waals surface area contributed by atoms with Gasteiger partial charge in [-0.1, -0.05) is 17.3 Å². The Balaban J connectivity index is 2.03. The van der Waals surface area contributed by atoms with E-state index in [0.29, 0.717) is 17.9 Å². The van der Waals surface area contributed by atoms with Crippen LogP contribution in [-0.4, -0.2) is 5.16 Å². The molecule has 0 saturated carbocycles. The second-order valence-corrected chi connectivity index (χ2v) is 4.65. The van der Waals surface area contributed by atoms with Crippen LogP contribution in [0.5, 0.6) is 0 Å². The zero-order chi connectivity index (χ0) is 14.8. The van der Waals surface area contributed by atoms with E-state index in [9.17, 15) is 13.2 Å². The fourth-order valence-corrected chi connectivity index (χ4v) is 1.86.